The van der Waals surface area contributed by atoms with Crippen molar-refractivity contribution in [1.82, 2.24) is 9.88 Å². The number of amides is 1. The number of aryl methyl sites for hydroxylation is 2. The lowest BCUT2D eigenvalue weighted by Crippen LogP contribution is -2.39. The van der Waals surface area contributed by atoms with Crippen LogP contribution >= 0.6 is 23.7 Å². The van der Waals surface area contributed by atoms with E-state index in [0.717, 1.165) is 34.4 Å². The number of carbonyl (C=O) groups is 1. The van der Waals surface area contributed by atoms with Crippen LogP contribution in [0.1, 0.15) is 42.3 Å². The summed E-state index contributed by atoms with van der Waals surface area (Å²) in [5.74, 6) is -0.393. The third-order valence-electron chi connectivity index (χ3n) is 5.77. The minimum absolute atomic E-state index is 0. The first-order valence-electron chi connectivity index (χ1n) is 11.0. The number of thiazole rings is 1. The van der Waals surface area contributed by atoms with E-state index in [-0.39, 0.29) is 34.5 Å². The quantitative estimate of drug-likeness (QED) is 0.400. The van der Waals surface area contributed by atoms with Crippen LogP contribution in [0.3, 0.4) is 0 Å². The van der Waals surface area contributed by atoms with Crippen molar-refractivity contribution < 1.29 is 13.2 Å². The van der Waals surface area contributed by atoms with Gasteiger partial charge in [-0.15, -0.1) is 12.4 Å². The van der Waals surface area contributed by atoms with Gasteiger partial charge in [0, 0.05) is 13.1 Å². The topological polar surface area (TPSA) is 70.6 Å². The number of aromatic nitrogens is 1. The standard InChI is InChI=1S/C24H31N3O3S2.ClH/c1-6-26(7-2)15-16-27(24-25-21-17(4)13-14-18(5)22(21)31-24)23(28)19-11-9-10-12-20(19)32(29,30)8-3;/h9-14H,6-8,15-16H2,1-5H3;1H. The average Bonchev–Trinajstić information content (AvgIpc) is 3.25. The van der Waals surface area contributed by atoms with E-state index in [2.05, 4.69) is 24.8 Å². The van der Waals surface area contributed by atoms with Crippen LogP contribution in [-0.4, -0.2) is 56.1 Å². The molecule has 3 aromatic rings. The molecule has 0 N–H and O–H groups in total. The molecule has 0 aliphatic carbocycles. The van der Waals surface area contributed by atoms with Gasteiger partial charge in [0.1, 0.15) is 0 Å². The van der Waals surface area contributed by atoms with E-state index in [4.69, 9.17) is 4.98 Å². The lowest BCUT2D eigenvalue weighted by Gasteiger charge is -2.25. The molecule has 1 heterocycles. The molecule has 2 aromatic carbocycles. The molecule has 0 saturated heterocycles. The number of halogens is 1. The molecule has 0 spiro atoms. The molecule has 0 atom stereocenters. The molecule has 3 rings (SSSR count). The summed E-state index contributed by atoms with van der Waals surface area (Å²) in [6.07, 6.45) is 0. The van der Waals surface area contributed by atoms with Gasteiger partial charge < -0.3 is 4.90 Å². The summed E-state index contributed by atoms with van der Waals surface area (Å²) in [6, 6.07) is 10.6. The summed E-state index contributed by atoms with van der Waals surface area (Å²) in [4.78, 5) is 22.5. The number of benzene rings is 2. The number of rotatable bonds is 9. The van der Waals surface area contributed by atoms with E-state index in [9.17, 15) is 13.2 Å². The van der Waals surface area contributed by atoms with Crippen molar-refractivity contribution in [1.29, 1.82) is 0 Å². The minimum atomic E-state index is -3.54. The van der Waals surface area contributed by atoms with Crippen molar-refractivity contribution in [2.45, 2.75) is 39.5 Å². The van der Waals surface area contributed by atoms with Gasteiger partial charge in [0.05, 0.1) is 26.4 Å². The highest BCUT2D eigenvalue weighted by molar-refractivity contribution is 7.91. The molecule has 0 unspecified atom stereocenters. The number of carbonyl (C=O) groups excluding carboxylic acids is 1. The van der Waals surface area contributed by atoms with Gasteiger partial charge in [0.2, 0.25) is 0 Å². The van der Waals surface area contributed by atoms with Crippen LogP contribution in [0, 0.1) is 13.8 Å². The molecular formula is C24H32ClN3O3S2. The van der Waals surface area contributed by atoms with Gasteiger partial charge in [-0.05, 0) is 50.2 Å². The van der Waals surface area contributed by atoms with Crippen molar-refractivity contribution in [3.8, 4) is 0 Å². The van der Waals surface area contributed by atoms with Gasteiger partial charge >= 0.3 is 0 Å². The Morgan fingerprint density at radius 3 is 2.21 bits per heavy atom. The Balaban J connectivity index is 0.00000385. The lowest BCUT2D eigenvalue weighted by atomic mass is 10.1. The monoisotopic (exact) mass is 509 g/mol. The van der Waals surface area contributed by atoms with Crippen LogP contribution < -0.4 is 4.90 Å². The van der Waals surface area contributed by atoms with Crippen molar-refractivity contribution >= 4 is 54.8 Å². The Hall–Kier alpha value is -2.00. The zero-order valence-electron chi connectivity index (χ0n) is 19.8. The maximum absolute atomic E-state index is 13.8. The molecule has 0 aliphatic heterocycles. The highest BCUT2D eigenvalue weighted by Gasteiger charge is 2.27. The highest BCUT2D eigenvalue weighted by atomic mass is 35.5. The van der Waals surface area contributed by atoms with Gasteiger partial charge in [-0.2, -0.15) is 0 Å². The average molecular weight is 510 g/mol. The fourth-order valence-corrected chi connectivity index (χ4v) is 5.87. The second kappa shape index (κ2) is 11.4. The summed E-state index contributed by atoms with van der Waals surface area (Å²) in [7, 11) is -3.54. The second-order valence-electron chi connectivity index (χ2n) is 7.76. The van der Waals surface area contributed by atoms with E-state index in [1.54, 1.807) is 30.0 Å². The van der Waals surface area contributed by atoms with E-state index in [1.807, 2.05) is 19.9 Å². The zero-order valence-corrected chi connectivity index (χ0v) is 22.2. The fraction of sp³-hybridized carbons (Fsp3) is 0.417. The molecule has 0 aliphatic rings. The van der Waals surface area contributed by atoms with Crippen LogP contribution in [0.15, 0.2) is 41.3 Å². The van der Waals surface area contributed by atoms with E-state index in [1.165, 1.54) is 17.4 Å². The number of sulfone groups is 1. The highest BCUT2D eigenvalue weighted by Crippen LogP contribution is 2.34. The second-order valence-corrected chi connectivity index (χ2v) is 11.0. The largest absolute Gasteiger partial charge is 0.302 e. The van der Waals surface area contributed by atoms with Crippen LogP contribution in [0.25, 0.3) is 10.2 Å². The summed E-state index contributed by atoms with van der Waals surface area (Å²) >= 11 is 1.48. The normalized spacial score (nSPS) is 11.6. The zero-order chi connectivity index (χ0) is 23.5. The minimum Gasteiger partial charge on any atom is -0.302 e. The Labute approximate surface area is 207 Å². The molecule has 6 nitrogen and oxygen atoms in total. The number of nitrogens with zero attached hydrogens (tertiary/aromatic N) is 3. The first-order valence-corrected chi connectivity index (χ1v) is 13.4. The first kappa shape index (κ1) is 27.2. The van der Waals surface area contributed by atoms with E-state index < -0.39 is 9.84 Å². The van der Waals surface area contributed by atoms with Gasteiger partial charge in [0.25, 0.3) is 5.91 Å². The molecule has 0 radical (unpaired) electrons. The SMILES string of the molecule is CCN(CC)CCN(C(=O)c1ccccc1S(=O)(=O)CC)c1nc2c(C)ccc(C)c2s1.Cl. The molecular weight excluding hydrogens is 478 g/mol. The van der Waals surface area contributed by atoms with Crippen LogP contribution in [0.2, 0.25) is 0 Å². The van der Waals surface area contributed by atoms with Crippen molar-refractivity contribution in [2.24, 2.45) is 0 Å². The Morgan fingerprint density at radius 1 is 0.970 bits per heavy atom. The van der Waals surface area contributed by atoms with Crippen molar-refractivity contribution in [3.63, 3.8) is 0 Å². The number of likely N-dealkylation sites (N-methyl/N-ethyl adjacent to an activating group) is 1. The smallest absolute Gasteiger partial charge is 0.261 e. The molecule has 0 fully saturated rings. The molecule has 180 valence electrons. The molecule has 9 heteroatoms. The number of hydrogen-bond donors (Lipinski definition) is 0. The molecule has 0 saturated carbocycles. The van der Waals surface area contributed by atoms with Crippen LogP contribution in [0.4, 0.5) is 5.13 Å². The summed E-state index contributed by atoms with van der Waals surface area (Å²) in [5, 5.41) is 0.596. The first-order chi connectivity index (χ1) is 15.2. The lowest BCUT2D eigenvalue weighted by molar-refractivity contribution is 0.0980. The van der Waals surface area contributed by atoms with Gasteiger partial charge in [0.15, 0.2) is 15.0 Å². The van der Waals surface area contributed by atoms with Gasteiger partial charge in [-0.1, -0.05) is 56.4 Å². The number of hydrogen-bond acceptors (Lipinski definition) is 6. The third-order valence-corrected chi connectivity index (χ3v) is 8.77. The van der Waals surface area contributed by atoms with Gasteiger partial charge in [-0.25, -0.2) is 13.4 Å². The molecule has 33 heavy (non-hydrogen) atoms. The fourth-order valence-electron chi connectivity index (χ4n) is 3.64. The Morgan fingerprint density at radius 2 is 1.61 bits per heavy atom. The van der Waals surface area contributed by atoms with Crippen LogP contribution in [-0.2, 0) is 9.84 Å². The predicted octanol–water partition coefficient (Wildman–Crippen LogP) is 5.12. The third kappa shape index (κ3) is 5.74. The maximum Gasteiger partial charge on any atom is 0.261 e. The summed E-state index contributed by atoms with van der Waals surface area (Å²) < 4.78 is 26.4. The summed E-state index contributed by atoms with van der Waals surface area (Å²) in [6.45, 7) is 12.7. The summed E-state index contributed by atoms with van der Waals surface area (Å²) in [5.41, 5.74) is 3.25. The number of fused-ring (bicyclic) bond motifs is 1. The molecule has 0 bridgehead atoms. The molecule has 1 amide bonds. The van der Waals surface area contributed by atoms with E-state index in [0.29, 0.717) is 18.2 Å². The van der Waals surface area contributed by atoms with Crippen molar-refractivity contribution in [2.75, 3.05) is 36.8 Å². The molecule has 1 aromatic heterocycles. The Bertz CT molecular complexity index is 1180. The van der Waals surface area contributed by atoms with E-state index >= 15 is 0 Å². The van der Waals surface area contributed by atoms with Crippen LogP contribution in [0.5, 0.6) is 0 Å². The predicted molar refractivity (Wildman–Crippen MR) is 140 cm³/mol. The van der Waals surface area contributed by atoms with Gasteiger partial charge in [-0.3, -0.25) is 9.69 Å². The maximum atomic E-state index is 13.8. The Kier molecular flexibility index (Phi) is 9.43. The number of anilines is 1. The van der Waals surface area contributed by atoms with Crippen molar-refractivity contribution in [3.05, 3.63) is 53.1 Å².